The molecule has 5 heteroatoms. The fraction of sp³-hybridized carbons (Fsp3) is 0.400. The van der Waals surface area contributed by atoms with E-state index in [2.05, 4.69) is 11.4 Å². The van der Waals surface area contributed by atoms with Crippen molar-refractivity contribution in [1.82, 2.24) is 10.2 Å². The minimum Gasteiger partial charge on any atom is -0.348 e. The van der Waals surface area contributed by atoms with Gasteiger partial charge in [-0.05, 0) is 24.0 Å². The van der Waals surface area contributed by atoms with Crippen molar-refractivity contribution >= 4 is 17.7 Å². The summed E-state index contributed by atoms with van der Waals surface area (Å²) in [6, 6.07) is 8.02. The minimum atomic E-state index is -0.268. The Labute approximate surface area is 116 Å². The Bertz CT molecular complexity index is 566. The monoisotopic (exact) mass is 272 g/mol. The van der Waals surface area contributed by atoms with Gasteiger partial charge < -0.3 is 5.32 Å². The average molecular weight is 272 g/mol. The molecule has 0 spiro atoms. The van der Waals surface area contributed by atoms with Crippen LogP contribution in [-0.4, -0.2) is 29.2 Å². The predicted molar refractivity (Wildman–Crippen MR) is 71.6 cm³/mol. The van der Waals surface area contributed by atoms with Crippen LogP contribution in [0.25, 0.3) is 0 Å². The number of amides is 3. The summed E-state index contributed by atoms with van der Waals surface area (Å²) in [7, 11) is 0. The number of fused-ring (bicyclic) bond motifs is 1. The van der Waals surface area contributed by atoms with Crippen LogP contribution in [0.2, 0.25) is 0 Å². The van der Waals surface area contributed by atoms with E-state index in [0.29, 0.717) is 0 Å². The summed E-state index contributed by atoms with van der Waals surface area (Å²) in [6.45, 7) is -0.156. The van der Waals surface area contributed by atoms with Crippen molar-refractivity contribution < 1.29 is 14.4 Å². The average Bonchev–Trinajstić information content (AvgIpc) is 2.98. The maximum absolute atomic E-state index is 12.0. The first kappa shape index (κ1) is 12.8. The van der Waals surface area contributed by atoms with E-state index in [-0.39, 0.29) is 43.1 Å². The van der Waals surface area contributed by atoms with E-state index < -0.39 is 0 Å². The third-order valence-corrected chi connectivity index (χ3v) is 3.92. The molecule has 5 nitrogen and oxygen atoms in total. The Balaban J connectivity index is 1.63. The Kier molecular flexibility index (Phi) is 3.26. The van der Waals surface area contributed by atoms with Crippen LogP contribution in [0.4, 0.5) is 0 Å². The van der Waals surface area contributed by atoms with Gasteiger partial charge in [-0.25, -0.2) is 0 Å². The molecule has 3 amide bonds. The summed E-state index contributed by atoms with van der Waals surface area (Å²) in [5.41, 5.74) is 2.39. The third-order valence-electron chi connectivity index (χ3n) is 3.92. The number of hydrogen-bond acceptors (Lipinski definition) is 3. The lowest BCUT2D eigenvalue weighted by molar-refractivity contribution is -0.142. The molecule has 2 aliphatic rings. The van der Waals surface area contributed by atoms with E-state index in [1.165, 1.54) is 5.56 Å². The molecule has 1 aliphatic heterocycles. The highest BCUT2D eigenvalue weighted by Gasteiger charge is 2.31. The summed E-state index contributed by atoms with van der Waals surface area (Å²) in [6.07, 6.45) is 2.26. The molecule has 1 N–H and O–H groups in total. The molecule has 1 aromatic carbocycles. The largest absolute Gasteiger partial charge is 0.348 e. The summed E-state index contributed by atoms with van der Waals surface area (Å²) < 4.78 is 0. The van der Waals surface area contributed by atoms with Crippen LogP contribution in [0, 0.1) is 0 Å². The lowest BCUT2D eigenvalue weighted by atomic mass is 10.1. The standard InChI is InChI=1S/C15H16N2O3/c18-13(9-17-14(19)7-8-15(17)20)16-12-6-5-10-3-1-2-4-11(10)12/h1-4,12H,5-9H2,(H,16,18). The summed E-state index contributed by atoms with van der Waals surface area (Å²) in [5, 5.41) is 2.92. The normalized spacial score (nSPS) is 21.2. The topological polar surface area (TPSA) is 66.5 Å². The van der Waals surface area contributed by atoms with E-state index in [1.807, 2.05) is 18.2 Å². The van der Waals surface area contributed by atoms with Crippen LogP contribution in [0.1, 0.15) is 36.4 Å². The fourth-order valence-corrected chi connectivity index (χ4v) is 2.89. The second kappa shape index (κ2) is 5.07. The van der Waals surface area contributed by atoms with Crippen LogP contribution in [0.3, 0.4) is 0 Å². The van der Waals surface area contributed by atoms with Crippen LogP contribution in [-0.2, 0) is 20.8 Å². The number of imide groups is 1. The lowest BCUT2D eigenvalue weighted by Gasteiger charge is -2.17. The second-order valence-electron chi connectivity index (χ2n) is 5.23. The molecule has 0 radical (unpaired) electrons. The van der Waals surface area contributed by atoms with Gasteiger partial charge in [0.05, 0.1) is 6.04 Å². The van der Waals surface area contributed by atoms with Crippen LogP contribution in [0.15, 0.2) is 24.3 Å². The number of rotatable bonds is 3. The molecule has 1 unspecified atom stereocenters. The molecular weight excluding hydrogens is 256 g/mol. The van der Waals surface area contributed by atoms with Crippen molar-refractivity contribution in [1.29, 1.82) is 0 Å². The predicted octanol–water partition coefficient (Wildman–Crippen LogP) is 0.939. The maximum Gasteiger partial charge on any atom is 0.240 e. The smallest absolute Gasteiger partial charge is 0.240 e. The van der Waals surface area contributed by atoms with Crippen LogP contribution >= 0.6 is 0 Å². The molecule has 20 heavy (non-hydrogen) atoms. The summed E-state index contributed by atoms with van der Waals surface area (Å²) in [4.78, 5) is 36.0. The van der Waals surface area contributed by atoms with Crippen molar-refractivity contribution in [2.75, 3.05) is 6.54 Å². The van der Waals surface area contributed by atoms with Crippen molar-refractivity contribution in [3.05, 3.63) is 35.4 Å². The zero-order chi connectivity index (χ0) is 14.1. The van der Waals surface area contributed by atoms with Gasteiger partial charge in [0, 0.05) is 12.8 Å². The first-order valence-corrected chi connectivity index (χ1v) is 6.85. The van der Waals surface area contributed by atoms with E-state index in [9.17, 15) is 14.4 Å². The minimum absolute atomic E-state index is 0.00786. The molecule has 1 atom stereocenters. The van der Waals surface area contributed by atoms with E-state index in [0.717, 1.165) is 23.3 Å². The van der Waals surface area contributed by atoms with E-state index in [1.54, 1.807) is 0 Å². The highest BCUT2D eigenvalue weighted by Crippen LogP contribution is 2.30. The van der Waals surface area contributed by atoms with Crippen molar-refractivity contribution in [2.24, 2.45) is 0 Å². The third kappa shape index (κ3) is 2.31. The van der Waals surface area contributed by atoms with Gasteiger partial charge in [0.15, 0.2) is 0 Å². The van der Waals surface area contributed by atoms with Gasteiger partial charge in [-0.15, -0.1) is 0 Å². The van der Waals surface area contributed by atoms with Gasteiger partial charge in [-0.1, -0.05) is 24.3 Å². The zero-order valence-corrected chi connectivity index (χ0v) is 11.1. The van der Waals surface area contributed by atoms with Gasteiger partial charge in [0.2, 0.25) is 17.7 Å². The second-order valence-corrected chi connectivity index (χ2v) is 5.23. The summed E-state index contributed by atoms with van der Waals surface area (Å²) in [5.74, 6) is -0.774. The van der Waals surface area contributed by atoms with Crippen LogP contribution < -0.4 is 5.32 Å². The molecule has 1 heterocycles. The Morgan fingerprint density at radius 3 is 2.60 bits per heavy atom. The highest BCUT2D eigenvalue weighted by molar-refractivity contribution is 6.04. The van der Waals surface area contributed by atoms with Crippen molar-refractivity contribution in [2.45, 2.75) is 31.7 Å². The Hall–Kier alpha value is -2.17. The summed E-state index contributed by atoms with van der Waals surface area (Å²) >= 11 is 0. The quantitative estimate of drug-likeness (QED) is 0.833. The molecule has 1 fully saturated rings. The number of nitrogens with one attached hydrogen (secondary N) is 1. The highest BCUT2D eigenvalue weighted by atomic mass is 16.2. The van der Waals surface area contributed by atoms with Crippen LogP contribution in [0.5, 0.6) is 0 Å². The Morgan fingerprint density at radius 1 is 1.15 bits per heavy atom. The van der Waals surface area contributed by atoms with E-state index in [4.69, 9.17) is 0 Å². The molecule has 1 aliphatic carbocycles. The number of carbonyl (C=O) groups excluding carboxylic acids is 3. The molecule has 1 aromatic rings. The first-order chi connectivity index (χ1) is 9.65. The van der Waals surface area contributed by atoms with Gasteiger partial charge in [0.1, 0.15) is 6.54 Å². The molecule has 1 saturated heterocycles. The fourth-order valence-electron chi connectivity index (χ4n) is 2.89. The molecule has 0 bridgehead atoms. The molecule has 0 saturated carbocycles. The zero-order valence-electron chi connectivity index (χ0n) is 11.1. The number of hydrogen-bond donors (Lipinski definition) is 1. The van der Waals surface area contributed by atoms with E-state index >= 15 is 0 Å². The van der Waals surface area contributed by atoms with Crippen molar-refractivity contribution in [3.63, 3.8) is 0 Å². The molecule has 104 valence electrons. The number of carbonyl (C=O) groups is 3. The number of aryl methyl sites for hydroxylation is 1. The SMILES string of the molecule is O=C(CN1C(=O)CCC1=O)NC1CCc2ccccc21. The first-order valence-electron chi connectivity index (χ1n) is 6.85. The molecular formula is C15H16N2O3. The van der Waals surface area contributed by atoms with Gasteiger partial charge in [0.25, 0.3) is 0 Å². The Morgan fingerprint density at radius 2 is 1.85 bits per heavy atom. The maximum atomic E-state index is 12.0. The van der Waals surface area contributed by atoms with Gasteiger partial charge in [-0.3, -0.25) is 19.3 Å². The molecule has 0 aromatic heterocycles. The molecule has 3 rings (SSSR count). The van der Waals surface area contributed by atoms with Gasteiger partial charge in [-0.2, -0.15) is 0 Å². The van der Waals surface area contributed by atoms with Gasteiger partial charge >= 0.3 is 0 Å². The number of likely N-dealkylation sites (tertiary alicyclic amines) is 1. The lowest BCUT2D eigenvalue weighted by Crippen LogP contribution is -2.40. The number of nitrogens with zero attached hydrogens (tertiary/aromatic N) is 1. The van der Waals surface area contributed by atoms with Crippen molar-refractivity contribution in [3.8, 4) is 0 Å². The number of benzene rings is 1.